The van der Waals surface area contributed by atoms with Gasteiger partial charge in [-0.05, 0) is 13.3 Å². The van der Waals surface area contributed by atoms with E-state index in [2.05, 4.69) is 34.9 Å². The van der Waals surface area contributed by atoms with Crippen LogP contribution in [-0.2, 0) is 6.54 Å². The van der Waals surface area contributed by atoms with Gasteiger partial charge in [0.1, 0.15) is 0 Å². The molecule has 1 aromatic rings. The van der Waals surface area contributed by atoms with Crippen LogP contribution in [0, 0.1) is 0 Å². The Labute approximate surface area is 112 Å². The van der Waals surface area contributed by atoms with Crippen molar-refractivity contribution in [2.45, 2.75) is 71.8 Å². The molecule has 0 saturated carbocycles. The van der Waals surface area contributed by atoms with Gasteiger partial charge in [-0.2, -0.15) is 0 Å². The van der Waals surface area contributed by atoms with E-state index in [1.165, 1.54) is 51.4 Å². The Balaban J connectivity index is 2.01. The molecular formula is C15H29N3. The Bertz CT molecular complexity index is 294. The van der Waals surface area contributed by atoms with Gasteiger partial charge in [0.15, 0.2) is 0 Å². The van der Waals surface area contributed by atoms with Gasteiger partial charge < -0.3 is 9.88 Å². The van der Waals surface area contributed by atoms with Crippen molar-refractivity contribution in [1.29, 1.82) is 0 Å². The fourth-order valence-electron chi connectivity index (χ4n) is 2.23. The second-order valence-corrected chi connectivity index (χ2v) is 4.95. The molecule has 0 unspecified atom stereocenters. The molecule has 0 aliphatic carbocycles. The Hall–Kier alpha value is -0.990. The lowest BCUT2D eigenvalue weighted by Gasteiger charge is -2.08. The molecular weight excluding hydrogens is 222 g/mol. The Morgan fingerprint density at radius 1 is 1.00 bits per heavy atom. The number of anilines is 1. The van der Waals surface area contributed by atoms with Gasteiger partial charge in [-0.1, -0.05) is 51.9 Å². The average molecular weight is 251 g/mol. The first-order chi connectivity index (χ1) is 8.88. The van der Waals surface area contributed by atoms with E-state index in [1.54, 1.807) is 0 Å². The van der Waals surface area contributed by atoms with Gasteiger partial charge in [0.25, 0.3) is 0 Å². The first-order valence-corrected chi connectivity index (χ1v) is 7.63. The SMILES string of the molecule is CCCCCCCCCCn1ccnc1NCC. The zero-order valence-electron chi connectivity index (χ0n) is 12.1. The van der Waals surface area contributed by atoms with Crippen LogP contribution in [0.4, 0.5) is 5.95 Å². The summed E-state index contributed by atoms with van der Waals surface area (Å²) < 4.78 is 2.22. The minimum absolute atomic E-state index is 0.939. The number of hydrogen-bond donors (Lipinski definition) is 1. The zero-order chi connectivity index (χ0) is 13.1. The summed E-state index contributed by atoms with van der Waals surface area (Å²) in [4.78, 5) is 4.31. The van der Waals surface area contributed by atoms with E-state index in [4.69, 9.17) is 0 Å². The Kier molecular flexibility index (Phi) is 8.36. The Morgan fingerprint density at radius 2 is 1.67 bits per heavy atom. The topological polar surface area (TPSA) is 29.9 Å². The normalized spacial score (nSPS) is 10.8. The molecule has 1 heterocycles. The highest BCUT2D eigenvalue weighted by Crippen LogP contribution is 2.11. The molecule has 1 N–H and O–H groups in total. The molecule has 1 aromatic heterocycles. The number of imidazole rings is 1. The summed E-state index contributed by atoms with van der Waals surface area (Å²) in [6, 6.07) is 0. The van der Waals surface area contributed by atoms with Crippen LogP contribution >= 0.6 is 0 Å². The highest BCUT2D eigenvalue weighted by Gasteiger charge is 2.00. The minimum Gasteiger partial charge on any atom is -0.356 e. The quantitative estimate of drug-likeness (QED) is 0.589. The first kappa shape index (κ1) is 15.1. The number of nitrogens with zero attached hydrogens (tertiary/aromatic N) is 2. The fraction of sp³-hybridized carbons (Fsp3) is 0.800. The van der Waals surface area contributed by atoms with Gasteiger partial charge in [-0.25, -0.2) is 4.98 Å². The summed E-state index contributed by atoms with van der Waals surface area (Å²) in [7, 11) is 0. The van der Waals surface area contributed by atoms with E-state index in [9.17, 15) is 0 Å². The summed E-state index contributed by atoms with van der Waals surface area (Å²) >= 11 is 0. The number of aromatic nitrogens is 2. The maximum absolute atomic E-state index is 4.31. The molecule has 0 radical (unpaired) electrons. The molecule has 0 aliphatic rings. The van der Waals surface area contributed by atoms with Crippen molar-refractivity contribution in [2.75, 3.05) is 11.9 Å². The van der Waals surface area contributed by atoms with E-state index in [1.807, 2.05) is 6.20 Å². The second-order valence-electron chi connectivity index (χ2n) is 4.95. The molecule has 104 valence electrons. The number of hydrogen-bond acceptors (Lipinski definition) is 2. The van der Waals surface area contributed by atoms with Gasteiger partial charge in [0.05, 0.1) is 0 Å². The van der Waals surface area contributed by atoms with E-state index < -0.39 is 0 Å². The van der Waals surface area contributed by atoms with Gasteiger partial charge in [0, 0.05) is 25.5 Å². The van der Waals surface area contributed by atoms with Crippen LogP contribution in [0.3, 0.4) is 0 Å². The number of nitrogens with one attached hydrogen (secondary N) is 1. The molecule has 0 saturated heterocycles. The third kappa shape index (κ3) is 6.08. The highest BCUT2D eigenvalue weighted by atomic mass is 15.2. The molecule has 0 spiro atoms. The van der Waals surface area contributed by atoms with Crippen LogP contribution in [0.15, 0.2) is 12.4 Å². The molecule has 3 nitrogen and oxygen atoms in total. The van der Waals surface area contributed by atoms with E-state index >= 15 is 0 Å². The average Bonchev–Trinajstić information content (AvgIpc) is 2.81. The molecule has 18 heavy (non-hydrogen) atoms. The van der Waals surface area contributed by atoms with Gasteiger partial charge in [-0.3, -0.25) is 0 Å². The van der Waals surface area contributed by atoms with Crippen molar-refractivity contribution in [3.8, 4) is 0 Å². The summed E-state index contributed by atoms with van der Waals surface area (Å²) in [6.07, 6.45) is 14.9. The lowest BCUT2D eigenvalue weighted by molar-refractivity contribution is 0.545. The zero-order valence-corrected chi connectivity index (χ0v) is 12.1. The van der Waals surface area contributed by atoms with Crippen molar-refractivity contribution in [2.24, 2.45) is 0 Å². The Morgan fingerprint density at radius 3 is 2.33 bits per heavy atom. The van der Waals surface area contributed by atoms with E-state index in [0.29, 0.717) is 0 Å². The third-order valence-corrected chi connectivity index (χ3v) is 3.30. The van der Waals surface area contributed by atoms with Crippen LogP contribution < -0.4 is 5.32 Å². The fourth-order valence-corrected chi connectivity index (χ4v) is 2.23. The predicted molar refractivity (Wildman–Crippen MR) is 79.0 cm³/mol. The van der Waals surface area contributed by atoms with E-state index in [-0.39, 0.29) is 0 Å². The molecule has 0 fully saturated rings. The number of rotatable bonds is 11. The molecule has 0 bridgehead atoms. The maximum Gasteiger partial charge on any atom is 0.202 e. The maximum atomic E-state index is 4.31. The van der Waals surface area contributed by atoms with Crippen molar-refractivity contribution in [3.63, 3.8) is 0 Å². The van der Waals surface area contributed by atoms with Crippen LogP contribution in [0.2, 0.25) is 0 Å². The molecule has 0 atom stereocenters. The highest BCUT2D eigenvalue weighted by molar-refractivity contribution is 5.25. The lowest BCUT2D eigenvalue weighted by Crippen LogP contribution is -2.06. The molecule has 0 amide bonds. The summed E-state index contributed by atoms with van der Waals surface area (Å²) in [5.41, 5.74) is 0. The van der Waals surface area contributed by atoms with Gasteiger partial charge in [-0.15, -0.1) is 0 Å². The van der Waals surface area contributed by atoms with Crippen LogP contribution in [0.5, 0.6) is 0 Å². The van der Waals surface area contributed by atoms with Crippen LogP contribution in [-0.4, -0.2) is 16.1 Å². The molecule has 3 heteroatoms. The second kappa shape index (κ2) is 9.98. The van der Waals surface area contributed by atoms with Crippen LogP contribution in [0.25, 0.3) is 0 Å². The molecule has 1 rings (SSSR count). The molecule has 0 aromatic carbocycles. The summed E-state index contributed by atoms with van der Waals surface area (Å²) in [5, 5.41) is 3.28. The summed E-state index contributed by atoms with van der Waals surface area (Å²) in [5.74, 6) is 1.01. The minimum atomic E-state index is 0.939. The van der Waals surface area contributed by atoms with Gasteiger partial charge in [0.2, 0.25) is 5.95 Å². The monoisotopic (exact) mass is 251 g/mol. The standard InChI is InChI=1S/C15H29N3/c1-3-5-6-7-8-9-10-11-13-18-14-12-17-15(18)16-4-2/h12,14H,3-11,13H2,1-2H3,(H,16,17). The van der Waals surface area contributed by atoms with Crippen molar-refractivity contribution < 1.29 is 0 Å². The summed E-state index contributed by atoms with van der Waals surface area (Å²) in [6.45, 7) is 6.41. The molecule has 0 aliphatic heterocycles. The largest absolute Gasteiger partial charge is 0.356 e. The number of unbranched alkanes of at least 4 members (excludes halogenated alkanes) is 7. The number of aryl methyl sites for hydroxylation is 1. The van der Waals surface area contributed by atoms with Gasteiger partial charge >= 0.3 is 0 Å². The smallest absolute Gasteiger partial charge is 0.202 e. The lowest BCUT2D eigenvalue weighted by atomic mass is 10.1. The van der Waals surface area contributed by atoms with Crippen LogP contribution in [0.1, 0.15) is 65.2 Å². The van der Waals surface area contributed by atoms with Crippen molar-refractivity contribution >= 4 is 5.95 Å². The van der Waals surface area contributed by atoms with Crippen molar-refractivity contribution in [1.82, 2.24) is 9.55 Å². The van der Waals surface area contributed by atoms with Crippen molar-refractivity contribution in [3.05, 3.63) is 12.4 Å². The third-order valence-electron chi connectivity index (χ3n) is 3.30. The predicted octanol–water partition coefficient (Wildman–Crippen LogP) is 4.46. The van der Waals surface area contributed by atoms with E-state index in [0.717, 1.165) is 19.0 Å². The first-order valence-electron chi connectivity index (χ1n) is 7.63.